The summed E-state index contributed by atoms with van der Waals surface area (Å²) in [5.41, 5.74) is 1.64. The molecule has 3 rings (SSSR count). The quantitative estimate of drug-likeness (QED) is 0.656. The lowest BCUT2D eigenvalue weighted by Gasteiger charge is -2.29. The van der Waals surface area contributed by atoms with Crippen LogP contribution in [0.25, 0.3) is 0 Å². The molecule has 2 aromatic rings. The summed E-state index contributed by atoms with van der Waals surface area (Å²) in [6, 6.07) is 11.4. The van der Waals surface area contributed by atoms with E-state index in [4.69, 9.17) is 4.74 Å². The van der Waals surface area contributed by atoms with E-state index in [1.165, 1.54) is 17.0 Å². The van der Waals surface area contributed by atoms with Gasteiger partial charge < -0.3 is 15.0 Å². The summed E-state index contributed by atoms with van der Waals surface area (Å²) < 4.78 is 5.36. The van der Waals surface area contributed by atoms with E-state index in [9.17, 15) is 19.7 Å². The minimum Gasteiger partial charge on any atom is -0.482 e. The highest BCUT2D eigenvalue weighted by atomic mass is 16.6. The van der Waals surface area contributed by atoms with Crippen LogP contribution in [0.3, 0.4) is 0 Å². The maximum absolute atomic E-state index is 12.3. The molecule has 0 radical (unpaired) electrons. The lowest BCUT2D eigenvalue weighted by molar-refractivity contribution is -0.384. The fourth-order valence-electron chi connectivity index (χ4n) is 2.68. The van der Waals surface area contributed by atoms with Crippen LogP contribution in [0.4, 0.5) is 17.1 Å². The second-order valence-corrected chi connectivity index (χ2v) is 5.86. The lowest BCUT2D eigenvalue weighted by Crippen LogP contribution is -2.40. The average Bonchev–Trinajstić information content (AvgIpc) is 2.62. The largest absolute Gasteiger partial charge is 0.482 e. The van der Waals surface area contributed by atoms with Gasteiger partial charge in [0.25, 0.3) is 11.6 Å². The Balaban J connectivity index is 1.67. The summed E-state index contributed by atoms with van der Waals surface area (Å²) in [4.78, 5) is 36.2. The molecule has 0 aliphatic carbocycles. The van der Waals surface area contributed by atoms with Crippen LogP contribution in [0.5, 0.6) is 5.75 Å². The standard InChI is InChI=1S/C18H17N3O5/c1-12-6-7-13(21(24)25)10-14(12)19-17(22)8-9-20-15-4-2-3-5-16(15)26-11-18(20)23/h2-7,10H,8-9,11H2,1H3,(H,19,22). The molecule has 0 atom stereocenters. The first kappa shape index (κ1) is 17.4. The maximum atomic E-state index is 12.3. The first-order valence-corrected chi connectivity index (χ1v) is 8.03. The van der Waals surface area contributed by atoms with Crippen molar-refractivity contribution in [2.75, 3.05) is 23.4 Å². The van der Waals surface area contributed by atoms with E-state index in [0.717, 1.165) is 5.56 Å². The third-order valence-corrected chi connectivity index (χ3v) is 4.08. The zero-order chi connectivity index (χ0) is 18.7. The molecule has 26 heavy (non-hydrogen) atoms. The summed E-state index contributed by atoms with van der Waals surface area (Å²) in [7, 11) is 0. The monoisotopic (exact) mass is 355 g/mol. The van der Waals surface area contributed by atoms with Crippen LogP contribution >= 0.6 is 0 Å². The van der Waals surface area contributed by atoms with Gasteiger partial charge in [0.05, 0.1) is 16.3 Å². The zero-order valence-corrected chi connectivity index (χ0v) is 14.1. The van der Waals surface area contributed by atoms with Crippen molar-refractivity contribution in [3.05, 3.63) is 58.1 Å². The number of amides is 2. The minimum absolute atomic E-state index is 0.0577. The Hall–Kier alpha value is -3.42. The Kier molecular flexibility index (Phi) is 4.83. The van der Waals surface area contributed by atoms with Crippen LogP contribution < -0.4 is 15.0 Å². The highest BCUT2D eigenvalue weighted by molar-refractivity contribution is 5.99. The molecule has 1 aliphatic heterocycles. The van der Waals surface area contributed by atoms with Crippen molar-refractivity contribution in [1.29, 1.82) is 0 Å². The fraction of sp³-hybridized carbons (Fsp3) is 0.222. The second kappa shape index (κ2) is 7.22. The zero-order valence-electron chi connectivity index (χ0n) is 14.1. The number of nitro groups is 1. The molecular formula is C18H17N3O5. The number of fused-ring (bicyclic) bond motifs is 1. The van der Waals surface area contributed by atoms with Crippen LogP contribution in [0.15, 0.2) is 42.5 Å². The van der Waals surface area contributed by atoms with Crippen molar-refractivity contribution in [1.82, 2.24) is 0 Å². The van der Waals surface area contributed by atoms with E-state index in [-0.39, 0.29) is 37.1 Å². The van der Waals surface area contributed by atoms with Crippen LogP contribution in [-0.4, -0.2) is 29.9 Å². The van der Waals surface area contributed by atoms with Gasteiger partial charge in [-0.1, -0.05) is 18.2 Å². The summed E-state index contributed by atoms with van der Waals surface area (Å²) in [5, 5.41) is 13.5. The number of anilines is 2. The van der Waals surface area contributed by atoms with Gasteiger partial charge >= 0.3 is 0 Å². The molecule has 1 N–H and O–H groups in total. The molecule has 8 nitrogen and oxygen atoms in total. The molecule has 2 aromatic carbocycles. The highest BCUT2D eigenvalue weighted by Crippen LogP contribution is 2.31. The van der Waals surface area contributed by atoms with Gasteiger partial charge in [0.2, 0.25) is 5.91 Å². The third-order valence-electron chi connectivity index (χ3n) is 4.08. The number of non-ortho nitro benzene ring substituents is 1. The molecule has 1 heterocycles. The van der Waals surface area contributed by atoms with Gasteiger partial charge in [0.15, 0.2) is 6.61 Å². The SMILES string of the molecule is Cc1ccc([N+](=O)[O-])cc1NC(=O)CCN1C(=O)COc2ccccc21. The van der Waals surface area contributed by atoms with Crippen LogP contribution in [0, 0.1) is 17.0 Å². The smallest absolute Gasteiger partial charge is 0.271 e. The number of hydrogen-bond donors (Lipinski definition) is 1. The van der Waals surface area contributed by atoms with Crippen molar-refractivity contribution in [2.24, 2.45) is 0 Å². The van der Waals surface area contributed by atoms with Crippen molar-refractivity contribution in [2.45, 2.75) is 13.3 Å². The van der Waals surface area contributed by atoms with Crippen molar-refractivity contribution < 1.29 is 19.2 Å². The maximum Gasteiger partial charge on any atom is 0.271 e. The van der Waals surface area contributed by atoms with Gasteiger partial charge in [-0.15, -0.1) is 0 Å². The first-order chi connectivity index (χ1) is 12.5. The molecule has 2 amide bonds. The van der Waals surface area contributed by atoms with Gasteiger partial charge in [-0.3, -0.25) is 19.7 Å². The number of carbonyl (C=O) groups excluding carboxylic acids is 2. The Labute approximate surface area is 149 Å². The van der Waals surface area contributed by atoms with E-state index in [1.807, 2.05) is 6.07 Å². The number of nitro benzene ring substituents is 1. The van der Waals surface area contributed by atoms with Crippen LogP contribution in [-0.2, 0) is 9.59 Å². The van der Waals surface area contributed by atoms with Crippen molar-refractivity contribution >= 4 is 28.9 Å². The number of aryl methyl sites for hydroxylation is 1. The van der Waals surface area contributed by atoms with Crippen molar-refractivity contribution in [3.8, 4) is 5.75 Å². The Morgan fingerprint density at radius 1 is 1.31 bits per heavy atom. The molecule has 0 aromatic heterocycles. The number of para-hydroxylation sites is 2. The number of benzene rings is 2. The number of ether oxygens (including phenoxy) is 1. The van der Waals surface area contributed by atoms with E-state index in [2.05, 4.69) is 5.32 Å². The van der Waals surface area contributed by atoms with Crippen LogP contribution in [0.2, 0.25) is 0 Å². The Morgan fingerprint density at radius 3 is 2.85 bits per heavy atom. The summed E-state index contributed by atoms with van der Waals surface area (Å²) in [6.07, 6.45) is 0.0577. The predicted octanol–water partition coefficient (Wildman–Crippen LogP) is 2.66. The first-order valence-electron chi connectivity index (χ1n) is 8.03. The molecule has 0 bridgehead atoms. The molecule has 0 fully saturated rings. The third kappa shape index (κ3) is 3.64. The molecule has 0 unspecified atom stereocenters. The Bertz CT molecular complexity index is 881. The van der Waals surface area contributed by atoms with Gasteiger partial charge in [0, 0.05) is 25.1 Å². The van der Waals surface area contributed by atoms with E-state index < -0.39 is 4.92 Å². The number of nitrogens with zero attached hydrogens (tertiary/aromatic N) is 2. The van der Waals surface area contributed by atoms with E-state index in [0.29, 0.717) is 17.1 Å². The molecule has 0 saturated heterocycles. The molecule has 8 heteroatoms. The van der Waals surface area contributed by atoms with E-state index >= 15 is 0 Å². The van der Waals surface area contributed by atoms with Gasteiger partial charge in [0.1, 0.15) is 5.75 Å². The molecule has 1 aliphatic rings. The molecule has 134 valence electrons. The number of carbonyl (C=O) groups is 2. The minimum atomic E-state index is -0.515. The summed E-state index contributed by atoms with van der Waals surface area (Å²) in [6.45, 7) is 1.88. The van der Waals surface area contributed by atoms with Gasteiger partial charge in [-0.2, -0.15) is 0 Å². The number of hydrogen-bond acceptors (Lipinski definition) is 5. The fourth-order valence-corrected chi connectivity index (χ4v) is 2.68. The number of nitrogens with one attached hydrogen (secondary N) is 1. The lowest BCUT2D eigenvalue weighted by atomic mass is 10.1. The molecule has 0 saturated carbocycles. The van der Waals surface area contributed by atoms with Crippen molar-refractivity contribution in [3.63, 3.8) is 0 Å². The highest BCUT2D eigenvalue weighted by Gasteiger charge is 2.25. The van der Waals surface area contributed by atoms with Gasteiger partial charge in [-0.25, -0.2) is 0 Å². The molecular weight excluding hydrogens is 338 g/mol. The Morgan fingerprint density at radius 2 is 2.08 bits per heavy atom. The second-order valence-electron chi connectivity index (χ2n) is 5.86. The van der Waals surface area contributed by atoms with Gasteiger partial charge in [-0.05, 0) is 24.6 Å². The normalized spacial score (nSPS) is 13.0. The predicted molar refractivity (Wildman–Crippen MR) is 95.4 cm³/mol. The number of rotatable bonds is 5. The van der Waals surface area contributed by atoms with Crippen LogP contribution in [0.1, 0.15) is 12.0 Å². The average molecular weight is 355 g/mol. The molecule has 0 spiro atoms. The topological polar surface area (TPSA) is 102 Å². The van der Waals surface area contributed by atoms with E-state index in [1.54, 1.807) is 31.2 Å². The summed E-state index contributed by atoms with van der Waals surface area (Å²) >= 11 is 0. The summed E-state index contributed by atoms with van der Waals surface area (Å²) in [5.74, 6) is 0.0513.